The van der Waals surface area contributed by atoms with Crippen molar-refractivity contribution >= 4 is 33.6 Å². The Kier molecular flexibility index (Phi) is 8.58. The predicted octanol–water partition coefficient (Wildman–Crippen LogP) is 4.44. The Balaban J connectivity index is 0.000000191. The maximum Gasteiger partial charge on any atom is 0.358 e. The lowest BCUT2D eigenvalue weighted by Gasteiger charge is -2.01. The Bertz CT molecular complexity index is 1140. The summed E-state index contributed by atoms with van der Waals surface area (Å²) in [4.78, 5) is 30.9. The van der Waals surface area contributed by atoms with Gasteiger partial charge in [-0.05, 0) is 62.4 Å². The van der Waals surface area contributed by atoms with Crippen LogP contribution in [0.4, 0.5) is 5.69 Å². The summed E-state index contributed by atoms with van der Waals surface area (Å²) < 4.78 is 14.3. The fourth-order valence-electron chi connectivity index (χ4n) is 2.81. The van der Waals surface area contributed by atoms with E-state index in [1.54, 1.807) is 60.2 Å². The van der Waals surface area contributed by atoms with Crippen LogP contribution in [0.5, 0.6) is 0 Å². The molecule has 0 saturated carbocycles. The second kappa shape index (κ2) is 11.8. The van der Waals surface area contributed by atoms with E-state index in [-0.39, 0.29) is 0 Å². The highest BCUT2D eigenvalue weighted by atomic mass is 79.9. The molecule has 0 radical (unpaired) electrons. The first-order valence-electron chi connectivity index (χ1n) is 10.4. The fraction of sp³-hybridized carbons (Fsp3) is 0.167. The molecule has 2 aromatic carbocycles. The summed E-state index contributed by atoms with van der Waals surface area (Å²) in [5, 5.41) is 0. The number of rotatable bonds is 6. The number of imidazole rings is 2. The normalized spacial score (nSPS) is 10.2. The van der Waals surface area contributed by atoms with Crippen molar-refractivity contribution in [2.24, 2.45) is 0 Å². The molecule has 2 N–H and O–H groups in total. The smallest absolute Gasteiger partial charge is 0.358 e. The second-order valence-electron chi connectivity index (χ2n) is 6.84. The van der Waals surface area contributed by atoms with Crippen molar-refractivity contribution < 1.29 is 19.1 Å². The lowest BCUT2D eigenvalue weighted by Crippen LogP contribution is -2.04. The van der Waals surface area contributed by atoms with Crippen LogP contribution >= 0.6 is 15.9 Å². The van der Waals surface area contributed by atoms with E-state index >= 15 is 0 Å². The van der Waals surface area contributed by atoms with Gasteiger partial charge in [-0.25, -0.2) is 19.6 Å². The minimum Gasteiger partial charge on any atom is -0.461 e. The molecule has 0 atom stereocenters. The molecule has 4 aromatic rings. The lowest BCUT2D eigenvalue weighted by molar-refractivity contribution is 0.0510. The number of hydrogen-bond acceptors (Lipinski definition) is 7. The zero-order chi connectivity index (χ0) is 24.5. The van der Waals surface area contributed by atoms with Crippen molar-refractivity contribution in [1.29, 1.82) is 0 Å². The van der Waals surface area contributed by atoms with E-state index in [1.807, 2.05) is 36.4 Å². The Hall–Kier alpha value is -3.92. The fourth-order valence-corrected chi connectivity index (χ4v) is 3.07. The highest BCUT2D eigenvalue weighted by Gasteiger charge is 2.11. The summed E-state index contributed by atoms with van der Waals surface area (Å²) in [6.07, 6.45) is 6.44. The molecule has 0 bridgehead atoms. The Morgan fingerprint density at radius 2 is 1.21 bits per heavy atom. The van der Waals surface area contributed by atoms with Crippen molar-refractivity contribution in [2.75, 3.05) is 18.9 Å². The summed E-state index contributed by atoms with van der Waals surface area (Å²) >= 11 is 3.37. The minimum atomic E-state index is -0.415. The Morgan fingerprint density at radius 1 is 0.794 bits per heavy atom. The number of ether oxygens (including phenoxy) is 2. The summed E-state index contributed by atoms with van der Waals surface area (Å²) in [6, 6.07) is 15.0. The SMILES string of the molecule is CCOC(=O)c1cn(-c2ccc(Br)cc2)cn1.CCOC(=O)c1cn(-c2ccc(N)cc2)cn1. The topological polar surface area (TPSA) is 114 Å². The molecular weight excluding hydrogens is 502 g/mol. The molecule has 0 aliphatic carbocycles. The summed E-state index contributed by atoms with van der Waals surface area (Å²) in [5.74, 6) is -0.815. The van der Waals surface area contributed by atoms with Gasteiger partial charge in [-0.3, -0.25) is 0 Å². The number of nitrogens with zero attached hydrogens (tertiary/aromatic N) is 4. The number of nitrogens with two attached hydrogens (primary N) is 1. The standard InChI is InChI=1S/C12H11BrN2O2.C12H13N3O2/c2*1-2-17-12(16)11-7-15(8-14-11)10-5-3-9(13)4-6-10/h3-8H,2H2,1H3;3-8H,2,13H2,1H3. The lowest BCUT2D eigenvalue weighted by atomic mass is 10.3. The van der Waals surface area contributed by atoms with Crippen LogP contribution in [0, 0.1) is 0 Å². The van der Waals surface area contributed by atoms with E-state index in [4.69, 9.17) is 15.2 Å². The van der Waals surface area contributed by atoms with Gasteiger partial charge >= 0.3 is 11.9 Å². The third-order valence-corrected chi connectivity index (χ3v) is 4.98. The molecule has 2 aromatic heterocycles. The molecule has 0 aliphatic rings. The van der Waals surface area contributed by atoms with Crippen LogP contribution in [-0.4, -0.2) is 44.3 Å². The van der Waals surface area contributed by atoms with E-state index < -0.39 is 11.9 Å². The van der Waals surface area contributed by atoms with Gasteiger partial charge in [0.1, 0.15) is 12.7 Å². The third-order valence-electron chi connectivity index (χ3n) is 4.45. The molecule has 0 unspecified atom stereocenters. The molecule has 9 nitrogen and oxygen atoms in total. The zero-order valence-corrected chi connectivity index (χ0v) is 20.3. The van der Waals surface area contributed by atoms with Crippen LogP contribution in [-0.2, 0) is 9.47 Å². The largest absolute Gasteiger partial charge is 0.461 e. The van der Waals surface area contributed by atoms with Gasteiger partial charge in [-0.15, -0.1) is 0 Å². The minimum absolute atomic E-state index is 0.295. The predicted molar refractivity (Wildman–Crippen MR) is 131 cm³/mol. The molecule has 0 fully saturated rings. The molecule has 34 heavy (non-hydrogen) atoms. The number of carbonyl (C=O) groups is 2. The molecule has 4 rings (SSSR count). The maximum absolute atomic E-state index is 11.4. The Morgan fingerprint density at radius 3 is 1.62 bits per heavy atom. The molecular formula is C24H24BrN5O4. The Labute approximate surface area is 205 Å². The van der Waals surface area contributed by atoms with E-state index in [0.717, 1.165) is 15.8 Å². The first-order valence-corrected chi connectivity index (χ1v) is 11.2. The van der Waals surface area contributed by atoms with Crippen molar-refractivity contribution in [3.63, 3.8) is 0 Å². The highest BCUT2D eigenvalue weighted by Crippen LogP contribution is 2.15. The van der Waals surface area contributed by atoms with Gasteiger partial charge in [0.25, 0.3) is 0 Å². The number of carbonyl (C=O) groups excluding carboxylic acids is 2. The van der Waals surface area contributed by atoms with Gasteiger partial charge in [0.05, 0.1) is 13.2 Å². The van der Waals surface area contributed by atoms with E-state index in [0.29, 0.717) is 30.3 Å². The van der Waals surface area contributed by atoms with Gasteiger partial charge in [-0.2, -0.15) is 0 Å². The van der Waals surface area contributed by atoms with Crippen molar-refractivity contribution in [2.45, 2.75) is 13.8 Å². The molecule has 0 amide bonds. The van der Waals surface area contributed by atoms with Crippen molar-refractivity contribution in [3.8, 4) is 11.4 Å². The van der Waals surface area contributed by atoms with Crippen molar-refractivity contribution in [1.82, 2.24) is 19.1 Å². The number of esters is 2. The highest BCUT2D eigenvalue weighted by molar-refractivity contribution is 9.10. The van der Waals surface area contributed by atoms with Gasteiger partial charge in [-0.1, -0.05) is 15.9 Å². The van der Waals surface area contributed by atoms with E-state index in [2.05, 4.69) is 25.9 Å². The van der Waals surface area contributed by atoms with Crippen LogP contribution in [0.1, 0.15) is 34.8 Å². The summed E-state index contributed by atoms with van der Waals surface area (Å²) in [5.41, 5.74) is 8.73. The second-order valence-corrected chi connectivity index (χ2v) is 7.76. The molecule has 176 valence electrons. The van der Waals surface area contributed by atoms with Crippen LogP contribution in [0.15, 0.2) is 78.1 Å². The van der Waals surface area contributed by atoms with Crippen LogP contribution < -0.4 is 5.73 Å². The average molecular weight is 526 g/mol. The number of aromatic nitrogens is 4. The third kappa shape index (κ3) is 6.55. The van der Waals surface area contributed by atoms with Gasteiger partial charge in [0.2, 0.25) is 0 Å². The zero-order valence-electron chi connectivity index (χ0n) is 18.7. The molecule has 0 saturated heterocycles. The van der Waals surface area contributed by atoms with Gasteiger partial charge in [0, 0.05) is 33.9 Å². The average Bonchev–Trinajstić information content (AvgIpc) is 3.52. The molecule has 10 heteroatoms. The summed E-state index contributed by atoms with van der Waals surface area (Å²) in [6.45, 7) is 4.22. The first kappa shape index (κ1) is 24.7. The van der Waals surface area contributed by atoms with Gasteiger partial charge < -0.3 is 24.3 Å². The number of anilines is 1. The van der Waals surface area contributed by atoms with Gasteiger partial charge in [0.15, 0.2) is 11.4 Å². The van der Waals surface area contributed by atoms with E-state index in [1.165, 1.54) is 0 Å². The van der Waals surface area contributed by atoms with Crippen LogP contribution in [0.2, 0.25) is 0 Å². The molecule has 0 spiro atoms. The van der Waals surface area contributed by atoms with Crippen LogP contribution in [0.25, 0.3) is 11.4 Å². The maximum atomic E-state index is 11.4. The summed E-state index contributed by atoms with van der Waals surface area (Å²) in [7, 11) is 0. The monoisotopic (exact) mass is 525 g/mol. The molecule has 2 heterocycles. The first-order chi connectivity index (χ1) is 16.4. The number of halogens is 1. The quantitative estimate of drug-likeness (QED) is 0.292. The van der Waals surface area contributed by atoms with E-state index in [9.17, 15) is 9.59 Å². The van der Waals surface area contributed by atoms with Crippen LogP contribution in [0.3, 0.4) is 0 Å². The number of benzene rings is 2. The number of hydrogen-bond donors (Lipinski definition) is 1. The number of nitrogen functional groups attached to an aromatic ring is 1. The van der Waals surface area contributed by atoms with Crippen molar-refractivity contribution in [3.05, 3.63) is 89.4 Å². The molecule has 0 aliphatic heterocycles.